The summed E-state index contributed by atoms with van der Waals surface area (Å²) in [6, 6.07) is 0. The summed E-state index contributed by atoms with van der Waals surface area (Å²) in [5.74, 6) is 1.13. The van der Waals surface area contributed by atoms with Gasteiger partial charge in [-0.1, -0.05) is 20.3 Å². The number of rotatable bonds is 1. The van der Waals surface area contributed by atoms with Crippen molar-refractivity contribution in [2.24, 2.45) is 11.8 Å². The largest absolute Gasteiger partial charge is 0.390 e. The SMILES string of the molecule is CC[C@H]1C[C@@](C)(O)[C@@H]2CC[C@@H](C)C[C@H]2O1. The third-order valence-corrected chi connectivity index (χ3v) is 4.32. The standard InChI is InChI=1S/C13H24O2/c1-4-10-8-13(3,14)11-6-5-9(2)7-12(11)15-10/h9-12,14H,4-8H2,1-3H3/t9-,10+,11-,12-,13-/m1/s1. The Balaban J connectivity index is 2.10. The van der Waals surface area contributed by atoms with E-state index >= 15 is 0 Å². The molecule has 0 aromatic carbocycles. The number of hydrogen-bond acceptors (Lipinski definition) is 2. The molecule has 15 heavy (non-hydrogen) atoms. The minimum Gasteiger partial charge on any atom is -0.390 e. The fraction of sp³-hybridized carbons (Fsp3) is 1.00. The zero-order chi connectivity index (χ0) is 11.1. The minimum absolute atomic E-state index is 0.270. The molecule has 1 heterocycles. The molecule has 2 nitrogen and oxygen atoms in total. The topological polar surface area (TPSA) is 29.5 Å². The molecule has 0 amide bonds. The summed E-state index contributed by atoms with van der Waals surface area (Å²) in [7, 11) is 0. The summed E-state index contributed by atoms with van der Waals surface area (Å²) in [6.45, 7) is 6.45. The Labute approximate surface area is 93.0 Å². The van der Waals surface area contributed by atoms with E-state index in [0.29, 0.717) is 12.0 Å². The van der Waals surface area contributed by atoms with E-state index in [-0.39, 0.29) is 6.10 Å². The highest BCUT2D eigenvalue weighted by Crippen LogP contribution is 2.44. The lowest BCUT2D eigenvalue weighted by Crippen LogP contribution is -2.53. The highest BCUT2D eigenvalue weighted by molar-refractivity contribution is 4.96. The van der Waals surface area contributed by atoms with Gasteiger partial charge >= 0.3 is 0 Å². The smallest absolute Gasteiger partial charge is 0.0697 e. The van der Waals surface area contributed by atoms with Gasteiger partial charge < -0.3 is 9.84 Å². The van der Waals surface area contributed by atoms with E-state index in [2.05, 4.69) is 13.8 Å². The first kappa shape index (κ1) is 11.4. The van der Waals surface area contributed by atoms with E-state index in [1.165, 1.54) is 6.42 Å². The van der Waals surface area contributed by atoms with Gasteiger partial charge in [-0.2, -0.15) is 0 Å². The molecule has 0 aromatic heterocycles. The number of fused-ring (bicyclic) bond motifs is 1. The van der Waals surface area contributed by atoms with Crippen molar-refractivity contribution < 1.29 is 9.84 Å². The van der Waals surface area contributed by atoms with Gasteiger partial charge in [0.25, 0.3) is 0 Å². The van der Waals surface area contributed by atoms with Crippen molar-refractivity contribution in [3.63, 3.8) is 0 Å². The first-order chi connectivity index (χ1) is 7.03. The Morgan fingerprint density at radius 3 is 2.80 bits per heavy atom. The van der Waals surface area contributed by atoms with Gasteiger partial charge in [-0.25, -0.2) is 0 Å². The molecule has 2 rings (SSSR count). The molecular weight excluding hydrogens is 188 g/mol. The molecule has 5 atom stereocenters. The van der Waals surface area contributed by atoms with E-state index in [9.17, 15) is 5.11 Å². The molecule has 2 aliphatic rings. The lowest BCUT2D eigenvalue weighted by Gasteiger charge is -2.49. The second-order valence-corrected chi connectivity index (χ2v) is 5.79. The second kappa shape index (κ2) is 4.06. The van der Waals surface area contributed by atoms with Crippen LogP contribution in [0.4, 0.5) is 0 Å². The van der Waals surface area contributed by atoms with Crippen molar-refractivity contribution in [3.05, 3.63) is 0 Å². The van der Waals surface area contributed by atoms with Crippen molar-refractivity contribution in [2.45, 2.75) is 70.7 Å². The third kappa shape index (κ3) is 2.21. The molecule has 1 aliphatic heterocycles. The van der Waals surface area contributed by atoms with Gasteiger partial charge in [0, 0.05) is 12.3 Å². The molecule has 2 heteroatoms. The van der Waals surface area contributed by atoms with Crippen LogP contribution < -0.4 is 0 Å². The maximum atomic E-state index is 10.5. The van der Waals surface area contributed by atoms with E-state index in [1.54, 1.807) is 0 Å². The summed E-state index contributed by atoms with van der Waals surface area (Å²) in [5.41, 5.74) is -0.496. The molecule has 2 fully saturated rings. The van der Waals surface area contributed by atoms with E-state index in [4.69, 9.17) is 4.74 Å². The van der Waals surface area contributed by atoms with Crippen LogP contribution >= 0.6 is 0 Å². The van der Waals surface area contributed by atoms with Gasteiger partial charge in [0.15, 0.2) is 0 Å². The predicted molar refractivity (Wildman–Crippen MR) is 60.7 cm³/mol. The zero-order valence-corrected chi connectivity index (χ0v) is 10.2. The van der Waals surface area contributed by atoms with Gasteiger partial charge in [0.05, 0.1) is 17.8 Å². The maximum Gasteiger partial charge on any atom is 0.0697 e. The fourth-order valence-electron chi connectivity index (χ4n) is 3.34. The van der Waals surface area contributed by atoms with Crippen LogP contribution in [0.1, 0.15) is 52.9 Å². The van der Waals surface area contributed by atoms with E-state index in [1.807, 2.05) is 6.92 Å². The number of aliphatic hydroxyl groups is 1. The molecule has 1 saturated carbocycles. The molecule has 0 aromatic rings. The van der Waals surface area contributed by atoms with Crippen LogP contribution in [0.5, 0.6) is 0 Å². The number of ether oxygens (including phenoxy) is 1. The maximum absolute atomic E-state index is 10.5. The quantitative estimate of drug-likeness (QED) is 0.724. The second-order valence-electron chi connectivity index (χ2n) is 5.79. The fourth-order valence-corrected chi connectivity index (χ4v) is 3.34. The molecule has 0 radical (unpaired) electrons. The van der Waals surface area contributed by atoms with E-state index < -0.39 is 5.60 Å². The van der Waals surface area contributed by atoms with Crippen molar-refractivity contribution >= 4 is 0 Å². The summed E-state index contributed by atoms with van der Waals surface area (Å²) >= 11 is 0. The van der Waals surface area contributed by atoms with Crippen molar-refractivity contribution in [1.82, 2.24) is 0 Å². The van der Waals surface area contributed by atoms with Gasteiger partial charge in [-0.15, -0.1) is 0 Å². The summed E-state index contributed by atoms with van der Waals surface area (Å²) in [4.78, 5) is 0. The van der Waals surface area contributed by atoms with Gasteiger partial charge in [-0.05, 0) is 32.1 Å². The Kier molecular flexibility index (Phi) is 3.09. The molecule has 0 bridgehead atoms. The van der Waals surface area contributed by atoms with Crippen LogP contribution in [0.25, 0.3) is 0 Å². The highest BCUT2D eigenvalue weighted by Gasteiger charge is 2.46. The molecule has 1 saturated heterocycles. The predicted octanol–water partition coefficient (Wildman–Crippen LogP) is 2.74. The van der Waals surface area contributed by atoms with Gasteiger partial charge in [-0.3, -0.25) is 0 Å². The minimum atomic E-state index is -0.496. The van der Waals surface area contributed by atoms with Crippen LogP contribution in [0.15, 0.2) is 0 Å². The lowest BCUT2D eigenvalue weighted by molar-refractivity contribution is -0.195. The average molecular weight is 212 g/mol. The summed E-state index contributed by atoms with van der Waals surface area (Å²) < 4.78 is 6.09. The van der Waals surface area contributed by atoms with Gasteiger partial charge in [0.1, 0.15) is 0 Å². The molecule has 1 aliphatic carbocycles. The number of hydrogen-bond donors (Lipinski definition) is 1. The lowest BCUT2D eigenvalue weighted by atomic mass is 9.69. The van der Waals surface area contributed by atoms with Crippen LogP contribution in [-0.4, -0.2) is 22.9 Å². The van der Waals surface area contributed by atoms with Crippen molar-refractivity contribution in [1.29, 1.82) is 0 Å². The van der Waals surface area contributed by atoms with Gasteiger partial charge in [0.2, 0.25) is 0 Å². The van der Waals surface area contributed by atoms with Crippen LogP contribution in [0, 0.1) is 11.8 Å². The first-order valence-corrected chi connectivity index (χ1v) is 6.40. The van der Waals surface area contributed by atoms with Crippen LogP contribution in [-0.2, 0) is 4.74 Å². The van der Waals surface area contributed by atoms with Crippen molar-refractivity contribution in [3.8, 4) is 0 Å². The van der Waals surface area contributed by atoms with Crippen molar-refractivity contribution in [2.75, 3.05) is 0 Å². The Morgan fingerprint density at radius 1 is 1.40 bits per heavy atom. The molecule has 1 N–H and O–H groups in total. The normalized spacial score (nSPS) is 51.2. The highest BCUT2D eigenvalue weighted by atomic mass is 16.5. The average Bonchev–Trinajstić information content (AvgIpc) is 2.15. The third-order valence-electron chi connectivity index (χ3n) is 4.32. The summed E-state index contributed by atoms with van der Waals surface area (Å²) in [6.07, 6.45) is 5.94. The monoisotopic (exact) mass is 212 g/mol. The van der Waals surface area contributed by atoms with Crippen LogP contribution in [0.3, 0.4) is 0 Å². The molecule has 0 unspecified atom stereocenters. The Bertz CT molecular complexity index is 225. The molecule has 88 valence electrons. The Hall–Kier alpha value is -0.0800. The van der Waals surface area contributed by atoms with E-state index in [0.717, 1.165) is 31.6 Å². The molecular formula is C13H24O2. The molecule has 0 spiro atoms. The first-order valence-electron chi connectivity index (χ1n) is 6.40. The summed E-state index contributed by atoms with van der Waals surface area (Å²) in [5, 5.41) is 10.5. The zero-order valence-electron chi connectivity index (χ0n) is 10.2. The van der Waals surface area contributed by atoms with Crippen LogP contribution in [0.2, 0.25) is 0 Å². The Morgan fingerprint density at radius 2 is 2.13 bits per heavy atom.